The average molecular weight is 550 g/mol. The van der Waals surface area contributed by atoms with Gasteiger partial charge in [-0.15, -0.1) is 0 Å². The predicted octanol–water partition coefficient (Wildman–Crippen LogP) is 7.94. The predicted molar refractivity (Wildman–Crippen MR) is 120 cm³/mol. The Morgan fingerprint density at radius 1 is 0.844 bits per heavy atom. The van der Waals surface area contributed by atoms with Gasteiger partial charge >= 0.3 is 0 Å². The molecule has 0 saturated heterocycles. The lowest BCUT2D eigenvalue weighted by atomic mass is 10.1. The second-order valence-corrected chi connectivity index (χ2v) is 8.32. The summed E-state index contributed by atoms with van der Waals surface area (Å²) in [4.78, 5) is 9.22. The van der Waals surface area contributed by atoms with E-state index in [2.05, 4.69) is 5.32 Å². The first-order valence-corrected chi connectivity index (χ1v) is 11.6. The van der Waals surface area contributed by atoms with Gasteiger partial charge in [-0.25, -0.2) is 0 Å². The highest BCUT2D eigenvalue weighted by molar-refractivity contribution is 8.00. The second kappa shape index (κ2) is 12.6. The molecule has 0 aromatic heterocycles. The zero-order chi connectivity index (χ0) is 23.8. The van der Waals surface area contributed by atoms with Gasteiger partial charge in [0.15, 0.2) is 11.5 Å². The molecule has 0 saturated carbocycles. The number of anilines is 1. The van der Waals surface area contributed by atoms with Gasteiger partial charge in [-0.1, -0.05) is 0 Å². The highest BCUT2D eigenvalue weighted by atomic mass is 32.2. The number of rotatable bonds is 10. The van der Waals surface area contributed by atoms with Crippen LogP contribution in [-0.4, -0.2) is 25.2 Å². The number of carbonyl (C=O) groups is 1. The summed E-state index contributed by atoms with van der Waals surface area (Å²) in [5.74, 6) is -1.05. The van der Waals surface area contributed by atoms with E-state index in [-0.39, 0.29) is 17.2 Å². The first kappa shape index (κ1) is 26.7. The Morgan fingerprint density at radius 3 is 1.62 bits per heavy atom. The average Bonchev–Trinajstić information content (AvgIpc) is 2.81. The number of nitrogens with one attached hydrogen (secondary N) is 1. The van der Waals surface area contributed by atoms with E-state index >= 15 is 0 Å². The van der Waals surface area contributed by atoms with Crippen LogP contribution in [0.3, 0.4) is 0 Å². The van der Waals surface area contributed by atoms with E-state index < -0.39 is 96.8 Å². The van der Waals surface area contributed by atoms with Crippen molar-refractivity contribution in [2.45, 2.75) is 24.5 Å². The van der Waals surface area contributed by atoms with Crippen LogP contribution >= 0.6 is 60.7 Å². The molecule has 2 aromatic carbocycles. The van der Waals surface area contributed by atoms with Gasteiger partial charge < -0.3 is 19.9 Å². The first-order chi connectivity index (χ1) is 15.4. The topological polar surface area (TPSA) is 67.8 Å². The van der Waals surface area contributed by atoms with Crippen molar-refractivity contribution in [3.63, 3.8) is 0 Å². The van der Waals surface area contributed by atoms with Crippen LogP contribution in [0.4, 0.5) is 25.1 Å². The monoisotopic (exact) mass is 549 g/mol. The fraction of sp³-hybridized carbons (Fsp3) is 0.118. The molecule has 0 bridgehead atoms. The van der Waals surface area contributed by atoms with E-state index in [1.54, 1.807) is 0 Å². The number of hydrogen-bond donors (Lipinski definition) is 2. The summed E-state index contributed by atoms with van der Waals surface area (Å²) in [5, 5.41) is 12.1. The van der Waals surface area contributed by atoms with Gasteiger partial charge in [0.2, 0.25) is 11.7 Å². The molecule has 32 heavy (non-hydrogen) atoms. The van der Waals surface area contributed by atoms with Crippen molar-refractivity contribution < 1.29 is 38.8 Å². The zero-order valence-electron chi connectivity index (χ0n) is 15.9. The van der Waals surface area contributed by atoms with Crippen molar-refractivity contribution in [3.8, 4) is 17.2 Å². The lowest BCUT2D eigenvalue weighted by Gasteiger charge is -2.17. The van der Waals surface area contributed by atoms with Crippen LogP contribution in [-0.2, 0) is 4.79 Å². The minimum atomic E-state index is -0.910. The third kappa shape index (κ3) is 5.68. The number of halogens is 5. The number of carbonyl (C=O) groups excluding carboxylic acids is 1. The molecule has 174 valence electrons. The SMILES string of the molecule is COc1cc(C=CC(=O)Nc2c(SF)c(SF)c(SF)c(SF)c2SF)cc(OC)c1O. The van der Waals surface area contributed by atoms with E-state index in [1.807, 2.05) is 0 Å². The molecule has 0 unspecified atom stereocenters. The smallest absolute Gasteiger partial charge is 0.248 e. The van der Waals surface area contributed by atoms with E-state index in [0.717, 1.165) is 6.08 Å². The Balaban J connectivity index is 2.47. The van der Waals surface area contributed by atoms with Crippen LogP contribution in [0.2, 0.25) is 0 Å². The van der Waals surface area contributed by atoms with Crippen molar-refractivity contribution in [2.75, 3.05) is 19.5 Å². The summed E-state index contributed by atoms with van der Waals surface area (Å²) >= 11 is -2.84. The maximum absolute atomic E-state index is 13.6. The molecule has 1 amide bonds. The molecule has 5 nitrogen and oxygen atoms in total. The first-order valence-electron chi connectivity index (χ1n) is 8.01. The van der Waals surface area contributed by atoms with Gasteiger partial charge in [0.1, 0.15) is 0 Å². The minimum Gasteiger partial charge on any atom is -0.502 e. The summed E-state index contributed by atoms with van der Waals surface area (Å²) in [6.45, 7) is 0. The lowest BCUT2D eigenvalue weighted by Crippen LogP contribution is -2.11. The fourth-order valence-corrected chi connectivity index (χ4v) is 5.31. The Bertz CT molecular complexity index is 969. The Kier molecular flexibility index (Phi) is 10.5. The largest absolute Gasteiger partial charge is 0.502 e. The van der Waals surface area contributed by atoms with Crippen molar-refractivity contribution in [3.05, 3.63) is 23.8 Å². The van der Waals surface area contributed by atoms with Gasteiger partial charge in [-0.05, 0) is 23.8 Å². The molecule has 2 aromatic rings. The van der Waals surface area contributed by atoms with Crippen LogP contribution in [0.5, 0.6) is 17.2 Å². The molecule has 0 fully saturated rings. The number of phenols is 1. The van der Waals surface area contributed by atoms with Crippen LogP contribution in [0.25, 0.3) is 6.08 Å². The van der Waals surface area contributed by atoms with Crippen LogP contribution in [0.1, 0.15) is 5.56 Å². The summed E-state index contributed by atoms with van der Waals surface area (Å²) in [7, 11) is 2.61. The van der Waals surface area contributed by atoms with Crippen molar-refractivity contribution in [1.82, 2.24) is 0 Å². The van der Waals surface area contributed by atoms with E-state index in [0.29, 0.717) is 5.56 Å². The van der Waals surface area contributed by atoms with Gasteiger partial charge in [0.25, 0.3) is 0 Å². The molecule has 0 radical (unpaired) electrons. The van der Waals surface area contributed by atoms with Crippen LogP contribution < -0.4 is 14.8 Å². The van der Waals surface area contributed by atoms with E-state index in [1.165, 1.54) is 32.4 Å². The summed E-state index contributed by atoms with van der Waals surface area (Å²) in [6.07, 6.45) is 2.23. The quantitative estimate of drug-likeness (QED) is 0.227. The molecule has 0 spiro atoms. The number of aromatic hydroxyl groups is 1. The normalized spacial score (nSPS) is 11.1. The zero-order valence-corrected chi connectivity index (χ0v) is 20.0. The molecule has 2 rings (SSSR count). The van der Waals surface area contributed by atoms with Gasteiger partial charge in [-0.2, -0.15) is 19.4 Å². The van der Waals surface area contributed by atoms with Crippen LogP contribution in [0.15, 0.2) is 42.7 Å². The number of ether oxygens (including phenoxy) is 2. The van der Waals surface area contributed by atoms with Crippen molar-refractivity contribution >= 4 is 78.4 Å². The van der Waals surface area contributed by atoms with Gasteiger partial charge in [-0.3, -0.25) is 4.79 Å². The number of hydrogen-bond acceptors (Lipinski definition) is 9. The molecular formula is C17H12F5NO4S5. The number of benzene rings is 2. The molecule has 0 atom stereocenters. The van der Waals surface area contributed by atoms with Gasteiger partial charge in [0.05, 0.1) is 105 Å². The highest BCUT2D eigenvalue weighted by Gasteiger charge is 2.29. The highest BCUT2D eigenvalue weighted by Crippen LogP contribution is 2.54. The van der Waals surface area contributed by atoms with Crippen molar-refractivity contribution in [1.29, 1.82) is 0 Å². The second-order valence-electron chi connectivity index (χ2n) is 5.50. The standard InChI is InChI=1S/C17H12F5NO4S5/c1-26-8-5-7(6-9(27-2)12(8)25)3-4-10(24)23-11-13(28-18)15(30-20)17(32-22)16(31-21)14(11)29-19/h3-6,25H,1-2H3,(H,23,24). The molecule has 0 aliphatic heterocycles. The van der Waals surface area contributed by atoms with Crippen LogP contribution in [0, 0.1) is 0 Å². The molecule has 0 aliphatic rings. The van der Waals surface area contributed by atoms with Crippen molar-refractivity contribution in [2.24, 2.45) is 0 Å². The summed E-state index contributed by atoms with van der Waals surface area (Å²) in [5.41, 5.74) is -0.199. The Hall–Kier alpha value is -1.55. The lowest BCUT2D eigenvalue weighted by molar-refractivity contribution is -0.111. The summed E-state index contributed by atoms with van der Waals surface area (Å²) in [6, 6.07) is 2.77. The molecule has 0 heterocycles. The van der Waals surface area contributed by atoms with E-state index in [9.17, 15) is 29.3 Å². The maximum Gasteiger partial charge on any atom is 0.248 e. The summed E-state index contributed by atoms with van der Waals surface area (Å²) < 4.78 is 77.2. The Labute approximate surface area is 201 Å². The number of phenolic OH excluding ortho intramolecular Hbond substituents is 1. The molecule has 15 heteroatoms. The Morgan fingerprint density at radius 2 is 1.25 bits per heavy atom. The van der Waals surface area contributed by atoms with E-state index in [4.69, 9.17) is 9.47 Å². The van der Waals surface area contributed by atoms with Gasteiger partial charge in [0, 0.05) is 6.08 Å². The minimum absolute atomic E-state index is 0.0603. The number of methoxy groups -OCH3 is 2. The molecule has 2 N–H and O–H groups in total. The third-order valence-electron chi connectivity index (χ3n) is 3.84. The fourth-order valence-electron chi connectivity index (χ4n) is 2.46. The maximum atomic E-state index is 13.6. The third-order valence-corrected chi connectivity index (χ3v) is 7.17. The molecular weight excluding hydrogens is 538 g/mol. The number of amides is 1. The molecule has 0 aliphatic carbocycles.